The first-order valence-corrected chi connectivity index (χ1v) is 9.79. The number of aromatic carboxylic acids is 1. The van der Waals surface area contributed by atoms with Gasteiger partial charge in [0, 0.05) is 37.9 Å². The Bertz CT molecular complexity index is 965. The van der Waals surface area contributed by atoms with Gasteiger partial charge in [0.05, 0.1) is 4.90 Å². The Morgan fingerprint density at radius 1 is 1.04 bits per heavy atom. The molecule has 1 aliphatic heterocycles. The Balaban J connectivity index is 1.75. The molecule has 2 heterocycles. The van der Waals surface area contributed by atoms with Gasteiger partial charge < -0.3 is 10.0 Å². The minimum atomic E-state index is -3.68. The van der Waals surface area contributed by atoms with Crippen LogP contribution in [0.2, 0.25) is 0 Å². The van der Waals surface area contributed by atoms with Crippen molar-refractivity contribution in [2.45, 2.75) is 11.8 Å². The zero-order chi connectivity index (χ0) is 19.6. The molecule has 0 unspecified atom stereocenters. The van der Waals surface area contributed by atoms with Crippen molar-refractivity contribution >= 4 is 27.6 Å². The number of carbonyl (C=O) groups excluding carboxylic acids is 1. The minimum Gasteiger partial charge on any atom is -0.478 e. The molecule has 9 heteroatoms. The summed E-state index contributed by atoms with van der Waals surface area (Å²) in [6, 6.07) is 8.89. The average molecular weight is 389 g/mol. The van der Waals surface area contributed by atoms with Gasteiger partial charge in [-0.15, -0.1) is 0 Å². The minimum absolute atomic E-state index is 0.0913. The molecule has 27 heavy (non-hydrogen) atoms. The van der Waals surface area contributed by atoms with Crippen LogP contribution in [0.15, 0.2) is 47.5 Å². The van der Waals surface area contributed by atoms with Gasteiger partial charge in [-0.1, -0.05) is 12.1 Å². The van der Waals surface area contributed by atoms with Crippen LogP contribution < -0.4 is 4.90 Å². The molecule has 8 nitrogen and oxygen atoms in total. The van der Waals surface area contributed by atoms with Crippen molar-refractivity contribution in [1.82, 2.24) is 9.29 Å². The normalized spacial score (nSPS) is 15.5. The van der Waals surface area contributed by atoms with Gasteiger partial charge in [-0.25, -0.2) is 18.2 Å². The second kappa shape index (κ2) is 7.45. The number of aromatic nitrogens is 1. The Morgan fingerprint density at radius 2 is 1.67 bits per heavy atom. The Kier molecular flexibility index (Phi) is 5.24. The Labute approximate surface area is 157 Å². The number of hydrogen-bond acceptors (Lipinski definition) is 6. The quantitative estimate of drug-likeness (QED) is 0.772. The summed E-state index contributed by atoms with van der Waals surface area (Å²) in [6.45, 7) is 2.52. The van der Waals surface area contributed by atoms with Gasteiger partial charge in [0.1, 0.15) is 11.4 Å². The van der Waals surface area contributed by atoms with Gasteiger partial charge >= 0.3 is 5.97 Å². The molecule has 2 aromatic rings. The molecule has 1 fully saturated rings. The molecular formula is C18H19N3O5S. The third-order valence-corrected chi connectivity index (χ3v) is 6.37. The van der Waals surface area contributed by atoms with Crippen LogP contribution in [0.1, 0.15) is 27.6 Å². The number of ketones is 1. The first-order chi connectivity index (χ1) is 12.8. The molecule has 0 amide bonds. The van der Waals surface area contributed by atoms with Crippen LogP contribution in [0.3, 0.4) is 0 Å². The molecule has 0 spiro atoms. The average Bonchev–Trinajstić information content (AvgIpc) is 2.68. The monoisotopic (exact) mass is 389 g/mol. The van der Waals surface area contributed by atoms with Crippen LogP contribution in [0.25, 0.3) is 0 Å². The van der Waals surface area contributed by atoms with E-state index in [1.165, 1.54) is 47.8 Å². The Morgan fingerprint density at radius 3 is 2.22 bits per heavy atom. The molecule has 0 bridgehead atoms. The van der Waals surface area contributed by atoms with Crippen molar-refractivity contribution in [3.05, 3.63) is 53.7 Å². The van der Waals surface area contributed by atoms with E-state index in [0.29, 0.717) is 24.5 Å². The van der Waals surface area contributed by atoms with Crippen LogP contribution in [0, 0.1) is 0 Å². The Hall–Kier alpha value is -2.78. The van der Waals surface area contributed by atoms with E-state index in [9.17, 15) is 23.1 Å². The molecule has 1 saturated heterocycles. The number of Topliss-reactive ketones (excluding diaryl/α,β-unsaturated/α-hetero) is 1. The molecule has 0 saturated carbocycles. The van der Waals surface area contributed by atoms with Crippen molar-refractivity contribution in [3.63, 3.8) is 0 Å². The fraction of sp³-hybridized carbons (Fsp3) is 0.278. The molecule has 3 rings (SSSR count). The zero-order valence-electron chi connectivity index (χ0n) is 14.7. The van der Waals surface area contributed by atoms with E-state index in [1.54, 1.807) is 11.0 Å². The number of rotatable bonds is 5. The van der Waals surface area contributed by atoms with E-state index in [4.69, 9.17) is 0 Å². The summed E-state index contributed by atoms with van der Waals surface area (Å²) >= 11 is 0. The van der Waals surface area contributed by atoms with Crippen molar-refractivity contribution in [1.29, 1.82) is 0 Å². The molecule has 0 atom stereocenters. The zero-order valence-corrected chi connectivity index (χ0v) is 15.5. The van der Waals surface area contributed by atoms with Crippen LogP contribution in [0.4, 0.5) is 5.82 Å². The topological polar surface area (TPSA) is 108 Å². The number of piperazine rings is 1. The van der Waals surface area contributed by atoms with Crippen molar-refractivity contribution in [2.24, 2.45) is 0 Å². The maximum absolute atomic E-state index is 12.8. The highest BCUT2D eigenvalue weighted by Crippen LogP contribution is 2.22. The lowest BCUT2D eigenvalue weighted by molar-refractivity contribution is 0.0696. The maximum atomic E-state index is 12.8. The molecule has 1 aliphatic rings. The van der Waals surface area contributed by atoms with Gasteiger partial charge in [-0.2, -0.15) is 4.31 Å². The predicted molar refractivity (Wildman–Crippen MR) is 98.6 cm³/mol. The fourth-order valence-electron chi connectivity index (χ4n) is 2.97. The summed E-state index contributed by atoms with van der Waals surface area (Å²) in [5, 5.41) is 9.29. The fourth-order valence-corrected chi connectivity index (χ4v) is 4.39. The smallest absolute Gasteiger partial charge is 0.339 e. The highest BCUT2D eigenvalue weighted by atomic mass is 32.2. The summed E-state index contributed by atoms with van der Waals surface area (Å²) in [5.74, 6) is -0.858. The summed E-state index contributed by atoms with van der Waals surface area (Å²) < 4.78 is 27.0. The number of nitrogens with zero attached hydrogens (tertiary/aromatic N) is 3. The lowest BCUT2D eigenvalue weighted by Gasteiger charge is -2.35. The van der Waals surface area contributed by atoms with Crippen molar-refractivity contribution < 1.29 is 23.1 Å². The number of carboxylic acid groups (broad SMARTS) is 1. The van der Waals surface area contributed by atoms with E-state index >= 15 is 0 Å². The van der Waals surface area contributed by atoms with Gasteiger partial charge in [-0.05, 0) is 31.2 Å². The summed E-state index contributed by atoms with van der Waals surface area (Å²) in [5.41, 5.74) is 0.545. The second-order valence-electron chi connectivity index (χ2n) is 6.15. The number of pyridine rings is 1. The van der Waals surface area contributed by atoms with Gasteiger partial charge in [0.15, 0.2) is 5.78 Å². The van der Waals surface area contributed by atoms with Gasteiger partial charge in [0.2, 0.25) is 10.0 Å². The number of sulfonamides is 1. The third kappa shape index (κ3) is 3.83. The standard InChI is InChI=1S/C18H19N3O5S/c1-13(22)14-4-6-15(7-5-14)27(25,26)21-11-9-20(10-12-21)17-16(18(23)24)3-2-8-19-17/h2-8H,9-12H2,1H3,(H,23,24). The maximum Gasteiger partial charge on any atom is 0.339 e. The van der Waals surface area contributed by atoms with Gasteiger partial charge in [-0.3, -0.25) is 4.79 Å². The van der Waals surface area contributed by atoms with E-state index < -0.39 is 16.0 Å². The highest BCUT2D eigenvalue weighted by molar-refractivity contribution is 7.89. The summed E-state index contributed by atoms with van der Waals surface area (Å²) in [4.78, 5) is 28.7. The van der Waals surface area contributed by atoms with Crippen LogP contribution in [-0.2, 0) is 10.0 Å². The lowest BCUT2D eigenvalue weighted by atomic mass is 10.2. The number of benzene rings is 1. The first kappa shape index (κ1) is 19.0. The predicted octanol–water partition coefficient (Wildman–Crippen LogP) is 1.49. The molecule has 1 aromatic carbocycles. The number of hydrogen-bond donors (Lipinski definition) is 1. The molecule has 0 radical (unpaired) electrons. The van der Waals surface area contributed by atoms with Crippen LogP contribution in [0.5, 0.6) is 0 Å². The van der Waals surface area contributed by atoms with E-state index in [0.717, 1.165) is 0 Å². The number of anilines is 1. The van der Waals surface area contributed by atoms with Crippen LogP contribution >= 0.6 is 0 Å². The molecular weight excluding hydrogens is 370 g/mol. The van der Waals surface area contributed by atoms with Crippen molar-refractivity contribution in [3.8, 4) is 0 Å². The molecule has 1 aromatic heterocycles. The molecule has 1 N–H and O–H groups in total. The van der Waals surface area contributed by atoms with E-state index in [2.05, 4.69) is 4.98 Å². The highest BCUT2D eigenvalue weighted by Gasteiger charge is 2.30. The third-order valence-electron chi connectivity index (χ3n) is 4.45. The summed E-state index contributed by atoms with van der Waals surface area (Å²) in [7, 11) is -3.68. The van der Waals surface area contributed by atoms with E-state index in [1.807, 2.05) is 0 Å². The SMILES string of the molecule is CC(=O)c1ccc(S(=O)(=O)N2CCN(c3ncccc3C(=O)O)CC2)cc1. The molecule has 0 aliphatic carbocycles. The van der Waals surface area contributed by atoms with Gasteiger partial charge in [0.25, 0.3) is 0 Å². The largest absolute Gasteiger partial charge is 0.478 e. The first-order valence-electron chi connectivity index (χ1n) is 8.35. The molecule has 142 valence electrons. The number of carboxylic acids is 1. The van der Waals surface area contributed by atoms with Crippen molar-refractivity contribution in [2.75, 3.05) is 31.1 Å². The summed E-state index contributed by atoms with van der Waals surface area (Å²) in [6.07, 6.45) is 1.52. The van der Waals surface area contributed by atoms with E-state index in [-0.39, 0.29) is 29.3 Å². The van der Waals surface area contributed by atoms with Crippen LogP contribution in [-0.4, -0.2) is 60.7 Å². The number of carbonyl (C=O) groups is 2. The second-order valence-corrected chi connectivity index (χ2v) is 8.09. The lowest BCUT2D eigenvalue weighted by Crippen LogP contribution is -2.49.